The van der Waals surface area contributed by atoms with Gasteiger partial charge >= 0.3 is 0 Å². The summed E-state index contributed by atoms with van der Waals surface area (Å²) >= 11 is 0. The van der Waals surface area contributed by atoms with Crippen LogP contribution >= 0.6 is 0 Å². The molecule has 8 N–H and O–H groups in total. The molecule has 0 aliphatic carbocycles. The van der Waals surface area contributed by atoms with E-state index in [0.29, 0.717) is 0 Å². The highest BCUT2D eigenvalue weighted by molar-refractivity contribution is 4.90. The number of ether oxygens (including phenoxy) is 3. The highest BCUT2D eigenvalue weighted by Gasteiger charge is 2.45. The lowest BCUT2D eigenvalue weighted by atomic mass is 9.99. The van der Waals surface area contributed by atoms with Gasteiger partial charge in [-0.25, -0.2) is 0 Å². The summed E-state index contributed by atoms with van der Waals surface area (Å²) in [5.74, 6) is 0. The second kappa shape index (κ2) is 7.63. The zero-order valence-electron chi connectivity index (χ0n) is 12.0. The number of rotatable bonds is 4. The maximum Gasteiger partial charge on any atom is 0.184 e. The van der Waals surface area contributed by atoms with Gasteiger partial charge in [0.1, 0.15) is 48.8 Å². The van der Waals surface area contributed by atoms with E-state index in [1.807, 2.05) is 0 Å². The number of aliphatic hydroxyl groups excluding tert-OH is 8. The Labute approximate surface area is 130 Å². The van der Waals surface area contributed by atoms with E-state index in [-0.39, 0.29) is 13.2 Å². The van der Waals surface area contributed by atoms with Crippen LogP contribution in [0.1, 0.15) is 0 Å². The molecule has 0 unspecified atom stereocenters. The molecule has 136 valence electrons. The quantitative estimate of drug-likeness (QED) is 0.243. The molecule has 2 fully saturated rings. The summed E-state index contributed by atoms with van der Waals surface area (Å²) in [4.78, 5) is 0. The Morgan fingerprint density at radius 3 is 1.22 bits per heavy atom. The smallest absolute Gasteiger partial charge is 0.184 e. The van der Waals surface area contributed by atoms with Gasteiger partial charge in [0, 0.05) is 0 Å². The van der Waals surface area contributed by atoms with Gasteiger partial charge in [0.15, 0.2) is 12.6 Å². The van der Waals surface area contributed by atoms with Crippen molar-refractivity contribution < 1.29 is 55.1 Å². The summed E-state index contributed by atoms with van der Waals surface area (Å²) in [6.07, 6.45) is -15.3. The van der Waals surface area contributed by atoms with Crippen molar-refractivity contribution >= 4 is 0 Å². The van der Waals surface area contributed by atoms with E-state index in [1.165, 1.54) is 0 Å². The SMILES string of the molecule is O[C@@H]1[C@@H](O)[C@H](O)O[C@H](COC[C@H]2O[C@@H](O)[C@H](O)[C@@H](O)[C@H]2O)[C@@H]1O. The van der Waals surface area contributed by atoms with Crippen molar-refractivity contribution in [3.8, 4) is 0 Å². The third-order valence-electron chi connectivity index (χ3n) is 3.94. The minimum Gasteiger partial charge on any atom is -0.387 e. The average molecular weight is 342 g/mol. The lowest BCUT2D eigenvalue weighted by molar-refractivity contribution is -0.300. The van der Waals surface area contributed by atoms with E-state index in [2.05, 4.69) is 0 Å². The van der Waals surface area contributed by atoms with Crippen LogP contribution in [0, 0.1) is 0 Å². The van der Waals surface area contributed by atoms with Gasteiger partial charge in [-0.15, -0.1) is 0 Å². The Bertz CT molecular complexity index is 348. The Balaban J connectivity index is 1.82. The molecular weight excluding hydrogens is 320 g/mol. The monoisotopic (exact) mass is 342 g/mol. The lowest BCUT2D eigenvalue weighted by Crippen LogP contribution is -2.60. The van der Waals surface area contributed by atoms with Crippen molar-refractivity contribution in [2.45, 2.75) is 61.4 Å². The number of hydrogen-bond donors (Lipinski definition) is 8. The molecule has 0 aromatic heterocycles. The second-order valence-electron chi connectivity index (χ2n) is 5.61. The zero-order valence-corrected chi connectivity index (χ0v) is 12.0. The first-order valence-electron chi connectivity index (χ1n) is 7.07. The Morgan fingerprint density at radius 2 is 0.870 bits per heavy atom. The molecular formula is C12H22O11. The largest absolute Gasteiger partial charge is 0.387 e. The van der Waals surface area contributed by atoms with Gasteiger partial charge in [0.05, 0.1) is 13.2 Å². The maximum atomic E-state index is 9.71. The van der Waals surface area contributed by atoms with Crippen LogP contribution in [0.4, 0.5) is 0 Å². The van der Waals surface area contributed by atoms with Crippen molar-refractivity contribution in [3.63, 3.8) is 0 Å². The van der Waals surface area contributed by atoms with E-state index in [0.717, 1.165) is 0 Å². The third-order valence-corrected chi connectivity index (χ3v) is 3.94. The first-order chi connectivity index (χ1) is 10.7. The van der Waals surface area contributed by atoms with Crippen molar-refractivity contribution in [2.24, 2.45) is 0 Å². The van der Waals surface area contributed by atoms with Crippen LogP contribution in [0.5, 0.6) is 0 Å². The zero-order chi connectivity index (χ0) is 17.3. The third kappa shape index (κ3) is 3.97. The highest BCUT2D eigenvalue weighted by atomic mass is 16.7. The predicted molar refractivity (Wildman–Crippen MR) is 68.6 cm³/mol. The summed E-state index contributed by atoms with van der Waals surface area (Å²) < 4.78 is 14.9. The fraction of sp³-hybridized carbons (Fsp3) is 1.00. The van der Waals surface area contributed by atoms with E-state index >= 15 is 0 Å². The molecule has 0 bridgehead atoms. The highest BCUT2D eigenvalue weighted by Crippen LogP contribution is 2.22. The van der Waals surface area contributed by atoms with E-state index < -0.39 is 61.4 Å². The average Bonchev–Trinajstić information content (AvgIpc) is 2.52. The minimum absolute atomic E-state index is 0.330. The summed E-state index contributed by atoms with van der Waals surface area (Å²) in [7, 11) is 0. The molecule has 2 aliphatic rings. The molecule has 0 aromatic rings. The van der Waals surface area contributed by atoms with Crippen LogP contribution < -0.4 is 0 Å². The van der Waals surface area contributed by atoms with Crippen molar-refractivity contribution in [2.75, 3.05) is 13.2 Å². The molecule has 10 atom stereocenters. The van der Waals surface area contributed by atoms with Crippen molar-refractivity contribution in [3.05, 3.63) is 0 Å². The van der Waals surface area contributed by atoms with Crippen molar-refractivity contribution in [1.82, 2.24) is 0 Å². The molecule has 2 saturated heterocycles. The molecule has 2 rings (SSSR count). The van der Waals surface area contributed by atoms with Gasteiger partial charge in [-0.2, -0.15) is 0 Å². The van der Waals surface area contributed by atoms with Gasteiger partial charge in [-0.1, -0.05) is 0 Å². The summed E-state index contributed by atoms with van der Waals surface area (Å²) in [6, 6.07) is 0. The molecule has 0 amide bonds. The maximum absolute atomic E-state index is 9.71. The molecule has 11 nitrogen and oxygen atoms in total. The fourth-order valence-electron chi connectivity index (χ4n) is 2.44. The molecule has 2 heterocycles. The van der Waals surface area contributed by atoms with Gasteiger partial charge in [-0.3, -0.25) is 0 Å². The van der Waals surface area contributed by atoms with Crippen LogP contribution in [-0.2, 0) is 14.2 Å². The Morgan fingerprint density at radius 1 is 0.522 bits per heavy atom. The number of hydrogen-bond acceptors (Lipinski definition) is 11. The molecule has 0 saturated carbocycles. The Hall–Kier alpha value is -0.440. The molecule has 11 heteroatoms. The normalized spacial score (nSPS) is 51.7. The van der Waals surface area contributed by atoms with Gasteiger partial charge in [0.2, 0.25) is 0 Å². The van der Waals surface area contributed by atoms with Gasteiger partial charge in [0.25, 0.3) is 0 Å². The molecule has 0 radical (unpaired) electrons. The van der Waals surface area contributed by atoms with E-state index in [4.69, 9.17) is 14.2 Å². The summed E-state index contributed by atoms with van der Waals surface area (Å²) in [5, 5.41) is 75.9. The fourth-order valence-corrected chi connectivity index (χ4v) is 2.44. The Kier molecular flexibility index (Phi) is 6.27. The topological polar surface area (TPSA) is 190 Å². The van der Waals surface area contributed by atoms with E-state index in [9.17, 15) is 40.9 Å². The van der Waals surface area contributed by atoms with Gasteiger partial charge in [-0.05, 0) is 0 Å². The van der Waals surface area contributed by atoms with Crippen LogP contribution in [0.15, 0.2) is 0 Å². The molecule has 0 spiro atoms. The van der Waals surface area contributed by atoms with Crippen LogP contribution in [0.25, 0.3) is 0 Å². The van der Waals surface area contributed by atoms with Crippen LogP contribution in [-0.4, -0.2) is 115 Å². The van der Waals surface area contributed by atoms with Crippen molar-refractivity contribution in [1.29, 1.82) is 0 Å². The number of aliphatic hydroxyl groups is 8. The van der Waals surface area contributed by atoms with Gasteiger partial charge < -0.3 is 55.1 Å². The minimum atomic E-state index is -1.70. The molecule has 0 aromatic carbocycles. The first-order valence-corrected chi connectivity index (χ1v) is 7.07. The van der Waals surface area contributed by atoms with E-state index in [1.54, 1.807) is 0 Å². The molecule has 23 heavy (non-hydrogen) atoms. The second-order valence-corrected chi connectivity index (χ2v) is 5.61. The van der Waals surface area contributed by atoms with Crippen LogP contribution in [0.2, 0.25) is 0 Å². The lowest BCUT2D eigenvalue weighted by Gasteiger charge is -2.39. The standard InChI is InChI=1S/C12H22O11/c13-5-3(22-11(19)9(17)7(5)15)1-21-2-4-6(14)8(16)10(18)12(20)23-4/h3-20H,1-2H2/t3-,4-,5+,6+,7+,8+,9-,10-,11-,12-/m1/s1. The summed E-state index contributed by atoms with van der Waals surface area (Å²) in [6.45, 7) is -0.660. The predicted octanol–water partition coefficient (Wildman–Crippen LogP) is -5.40. The van der Waals surface area contributed by atoms with Crippen LogP contribution in [0.3, 0.4) is 0 Å². The first kappa shape index (κ1) is 18.9. The summed E-state index contributed by atoms with van der Waals surface area (Å²) in [5.41, 5.74) is 0. The molecule has 2 aliphatic heterocycles.